The van der Waals surface area contributed by atoms with E-state index in [0.29, 0.717) is 44.1 Å². The number of ether oxygens (including phenoxy) is 3. The van der Waals surface area contributed by atoms with Crippen LogP contribution in [0.1, 0.15) is 132 Å². The first kappa shape index (κ1) is 51.3. The summed E-state index contributed by atoms with van der Waals surface area (Å²) in [5.41, 5.74) is -0.299. The number of methoxy groups -OCH3 is 2. The van der Waals surface area contributed by atoms with Crippen molar-refractivity contribution in [1.82, 2.24) is 4.90 Å². The van der Waals surface area contributed by atoms with E-state index in [1.807, 2.05) is 38.2 Å². The van der Waals surface area contributed by atoms with Crippen molar-refractivity contribution in [3.8, 4) is 0 Å². The second-order valence-electron chi connectivity index (χ2n) is 19.4. The summed E-state index contributed by atoms with van der Waals surface area (Å²) in [4.78, 5) is 71.0. The fourth-order valence-corrected chi connectivity index (χ4v) is 10.2. The van der Waals surface area contributed by atoms with Gasteiger partial charge in [-0.15, -0.1) is 0 Å². The number of allylic oxidation sites excluding steroid dienone is 7. The number of carbonyl (C=O) groups excluding carboxylic acids is 5. The Hall–Kier alpha value is -3.29. The van der Waals surface area contributed by atoms with Crippen molar-refractivity contribution in [2.24, 2.45) is 41.4 Å². The summed E-state index contributed by atoms with van der Waals surface area (Å²) in [5, 5.41) is 33.5. The Bertz CT molecular complexity index is 1680. The van der Waals surface area contributed by atoms with Crippen LogP contribution in [-0.2, 0) is 38.2 Å². The summed E-state index contributed by atoms with van der Waals surface area (Å²) in [6.45, 7) is 12.6. The van der Waals surface area contributed by atoms with E-state index in [4.69, 9.17) is 14.2 Å². The molecule has 12 heteroatoms. The number of hydrogen-bond acceptors (Lipinski definition) is 11. The van der Waals surface area contributed by atoms with Crippen LogP contribution in [-0.4, -0.2) is 112 Å². The predicted octanol–water partition coefficient (Wildman–Crippen LogP) is 6.83. The van der Waals surface area contributed by atoms with E-state index < -0.39 is 71.5 Å². The Balaban J connectivity index is 1.65. The highest BCUT2D eigenvalue weighted by Gasteiger charge is 2.51. The lowest BCUT2D eigenvalue weighted by molar-refractivity contribution is -0.166. The van der Waals surface area contributed by atoms with Crippen molar-refractivity contribution in [2.75, 3.05) is 20.8 Å². The number of aliphatic hydroxyl groups excluding tert-OH is 2. The molecular weight excluding hydrogens is 791 g/mol. The molecule has 3 fully saturated rings. The number of rotatable bonds is 4. The number of amides is 1. The maximum Gasteiger partial charge on any atom is 0.329 e. The highest BCUT2D eigenvalue weighted by Crippen LogP contribution is 2.43. The minimum atomic E-state index is -1.93. The fraction of sp³-hybridized carbons (Fsp3) is 0.740. The summed E-state index contributed by atoms with van der Waals surface area (Å²) in [6.07, 6.45) is 15.3. The van der Waals surface area contributed by atoms with Crippen LogP contribution >= 0.6 is 0 Å². The van der Waals surface area contributed by atoms with Gasteiger partial charge in [-0.25, -0.2) is 4.79 Å². The van der Waals surface area contributed by atoms with Crippen LogP contribution in [0.4, 0.5) is 0 Å². The van der Waals surface area contributed by atoms with Crippen molar-refractivity contribution >= 4 is 29.2 Å². The largest absolute Gasteiger partial charge is 0.460 e. The van der Waals surface area contributed by atoms with E-state index in [1.54, 1.807) is 34.0 Å². The number of fused-ring (bicyclic) bond motifs is 3. The summed E-state index contributed by atoms with van der Waals surface area (Å²) >= 11 is 0. The van der Waals surface area contributed by atoms with Crippen molar-refractivity contribution in [3.05, 3.63) is 47.6 Å². The van der Waals surface area contributed by atoms with Gasteiger partial charge in [-0.1, -0.05) is 82.6 Å². The van der Waals surface area contributed by atoms with Gasteiger partial charge in [-0.2, -0.15) is 0 Å². The van der Waals surface area contributed by atoms with E-state index in [-0.39, 0.29) is 60.7 Å². The predicted molar refractivity (Wildman–Crippen MR) is 238 cm³/mol. The Morgan fingerprint density at radius 3 is 2.29 bits per heavy atom. The van der Waals surface area contributed by atoms with Crippen LogP contribution in [0, 0.1) is 41.4 Å². The van der Waals surface area contributed by atoms with Gasteiger partial charge in [0.15, 0.2) is 5.78 Å². The van der Waals surface area contributed by atoms with Crippen LogP contribution in [0.2, 0.25) is 0 Å². The molecule has 0 aromatic heterocycles. The molecule has 3 bridgehead atoms. The van der Waals surface area contributed by atoms with Gasteiger partial charge in [0, 0.05) is 39.0 Å². The van der Waals surface area contributed by atoms with Gasteiger partial charge in [0.1, 0.15) is 35.7 Å². The lowest BCUT2D eigenvalue weighted by atomic mass is 9.71. The van der Waals surface area contributed by atoms with Crippen LogP contribution in [0.5, 0.6) is 0 Å². The molecular formula is C50H77NO11. The molecule has 0 aromatic carbocycles. The molecule has 4 aliphatic rings. The zero-order valence-electron chi connectivity index (χ0n) is 38.9. The fourth-order valence-electron chi connectivity index (χ4n) is 10.2. The standard InChI is InChI=1S/C50H77NO11/c1-30-16-12-10-14-18-31(2)24-33(4)44(54)46(61-9)45(55)34(5)25-32(3)41(53)29-42-38(26-36-20-21-40(52)43(27-36)60-8)37-22-23-51(39(28-37)49(58)62-42)48(57)47(56)50(7,59)35(6)19-15-11-13-17-30/h10,12,14,16,18,25,31-33,35-40,42-43,45-46,52,55,59H,11,13,15,17,19-24,26-29H2,1-9H3/b12-10+,18-14+,30-16+,34-25+/t31-,32-,33-,35-,36+,37+,38?,39+,40-,42+,43-,45-,46+,50+/m1/s1. The molecule has 12 nitrogen and oxygen atoms in total. The number of esters is 1. The molecule has 1 unspecified atom stereocenters. The first-order valence-corrected chi connectivity index (χ1v) is 23.3. The molecule has 2 saturated heterocycles. The van der Waals surface area contributed by atoms with Gasteiger partial charge in [-0.05, 0) is 120 Å². The van der Waals surface area contributed by atoms with Gasteiger partial charge < -0.3 is 34.4 Å². The van der Waals surface area contributed by atoms with Gasteiger partial charge >= 0.3 is 5.97 Å². The van der Waals surface area contributed by atoms with Crippen LogP contribution in [0.15, 0.2) is 47.6 Å². The Morgan fingerprint density at radius 1 is 0.871 bits per heavy atom. The normalized spacial score (nSPS) is 41.3. The summed E-state index contributed by atoms with van der Waals surface area (Å²) in [6, 6.07) is -1.05. The first-order chi connectivity index (χ1) is 29.3. The molecule has 0 spiro atoms. The Labute approximate surface area is 370 Å². The lowest BCUT2D eigenvalue weighted by Gasteiger charge is -2.41. The van der Waals surface area contributed by atoms with E-state index in [0.717, 1.165) is 32.1 Å². The Kier molecular flexibility index (Phi) is 19.5. The summed E-state index contributed by atoms with van der Waals surface area (Å²) in [5.74, 6) is -4.71. The smallest absolute Gasteiger partial charge is 0.329 e. The third kappa shape index (κ3) is 13.4. The van der Waals surface area contributed by atoms with Crippen LogP contribution < -0.4 is 0 Å². The minimum Gasteiger partial charge on any atom is -0.460 e. The number of aliphatic hydroxyl groups is 3. The monoisotopic (exact) mass is 868 g/mol. The number of ketones is 3. The van der Waals surface area contributed by atoms with Crippen LogP contribution in [0.25, 0.3) is 0 Å². The molecule has 1 saturated carbocycles. The number of carbonyl (C=O) groups is 5. The number of Topliss-reactive ketones (excluding diaryl/α,β-unsaturated/α-hetero) is 3. The molecule has 14 atom stereocenters. The third-order valence-corrected chi connectivity index (χ3v) is 14.6. The second-order valence-corrected chi connectivity index (χ2v) is 19.4. The van der Waals surface area contributed by atoms with Gasteiger partial charge in [0.2, 0.25) is 0 Å². The average Bonchev–Trinajstić information content (AvgIpc) is 3.32. The SMILES string of the molecule is CO[C@@H]1C[C@H](CC2[C@H]3CCN4C(=O)C(=O)[C@@](C)(O)[C@H](C)CCCCC/C(C)=C/C=C/C=C/[C@@H](C)C[C@@H](C)C(=O)[C@H](OC)[C@H](O)/C(C)=C/[C@@H](C)C(=O)C[C@@H]2OC(=O)[C@@H]4C3)CC[C@H]1O. The van der Waals surface area contributed by atoms with Crippen molar-refractivity contribution in [2.45, 2.75) is 174 Å². The number of nitrogens with zero attached hydrogens (tertiary/aromatic N) is 1. The lowest BCUT2D eigenvalue weighted by Crippen LogP contribution is -2.57. The Morgan fingerprint density at radius 2 is 1.60 bits per heavy atom. The molecule has 3 aliphatic heterocycles. The molecule has 0 radical (unpaired) electrons. The summed E-state index contributed by atoms with van der Waals surface area (Å²) in [7, 11) is 2.98. The minimum absolute atomic E-state index is 0.0874. The second kappa shape index (κ2) is 23.6. The zero-order valence-corrected chi connectivity index (χ0v) is 38.9. The van der Waals surface area contributed by atoms with E-state index in [2.05, 4.69) is 13.0 Å². The van der Waals surface area contributed by atoms with E-state index in [1.165, 1.54) is 24.5 Å². The first-order valence-electron chi connectivity index (χ1n) is 23.3. The third-order valence-electron chi connectivity index (χ3n) is 14.6. The van der Waals surface area contributed by atoms with Gasteiger partial charge in [-0.3, -0.25) is 19.2 Å². The van der Waals surface area contributed by atoms with Gasteiger partial charge in [0.05, 0.1) is 12.2 Å². The van der Waals surface area contributed by atoms with Crippen molar-refractivity contribution < 1.29 is 53.5 Å². The molecule has 3 N–H and O–H groups in total. The molecule has 1 amide bonds. The number of piperidine rings is 1. The van der Waals surface area contributed by atoms with Crippen molar-refractivity contribution in [3.63, 3.8) is 0 Å². The topological polar surface area (TPSA) is 177 Å². The molecule has 4 rings (SSSR count). The maximum atomic E-state index is 14.1. The number of hydrogen-bond donors (Lipinski definition) is 3. The van der Waals surface area contributed by atoms with E-state index >= 15 is 0 Å². The van der Waals surface area contributed by atoms with Crippen LogP contribution in [0.3, 0.4) is 0 Å². The highest BCUT2D eigenvalue weighted by atomic mass is 16.5. The molecule has 3 heterocycles. The average molecular weight is 868 g/mol. The highest BCUT2D eigenvalue weighted by molar-refractivity contribution is 6.39. The molecule has 1 aliphatic carbocycles. The maximum absolute atomic E-state index is 14.1. The quantitative estimate of drug-likeness (QED) is 0.153. The van der Waals surface area contributed by atoms with Crippen molar-refractivity contribution in [1.29, 1.82) is 0 Å². The summed E-state index contributed by atoms with van der Waals surface area (Å²) < 4.78 is 17.4. The van der Waals surface area contributed by atoms with Gasteiger partial charge in [0.25, 0.3) is 11.7 Å². The van der Waals surface area contributed by atoms with E-state index in [9.17, 15) is 39.3 Å². The molecule has 348 valence electrons. The molecule has 0 aromatic rings. The zero-order chi connectivity index (χ0) is 45.9. The molecule has 62 heavy (non-hydrogen) atoms.